The van der Waals surface area contributed by atoms with Crippen molar-refractivity contribution in [3.63, 3.8) is 0 Å². The van der Waals surface area contributed by atoms with Crippen LogP contribution in [0.4, 0.5) is 24.8 Å². The van der Waals surface area contributed by atoms with Gasteiger partial charge >= 0.3 is 6.18 Å². The standard InChI is InChI=1S/C19H14F3N5O/c1-11-9-16(25-24-11)23-17-14-7-2-3-8-15(14)18(28)27(26-17)13-6-4-5-12(10-13)19(20,21)22/h2-10H,1H3,(H2,23,24,25,26). The Kier molecular flexibility index (Phi) is 4.14. The number of anilines is 2. The number of hydrogen-bond acceptors (Lipinski definition) is 4. The molecule has 142 valence electrons. The fraction of sp³-hybridized carbons (Fsp3) is 0.105. The van der Waals surface area contributed by atoms with E-state index >= 15 is 0 Å². The highest BCUT2D eigenvalue weighted by Gasteiger charge is 2.30. The van der Waals surface area contributed by atoms with Gasteiger partial charge in [0.2, 0.25) is 0 Å². The molecular weight excluding hydrogens is 371 g/mol. The lowest BCUT2D eigenvalue weighted by Gasteiger charge is -2.13. The maximum absolute atomic E-state index is 13.1. The molecule has 2 N–H and O–H groups in total. The largest absolute Gasteiger partial charge is 0.416 e. The molecule has 0 amide bonds. The van der Waals surface area contributed by atoms with E-state index in [1.165, 1.54) is 12.1 Å². The molecule has 2 aromatic carbocycles. The summed E-state index contributed by atoms with van der Waals surface area (Å²) in [6.45, 7) is 1.83. The predicted octanol–water partition coefficient (Wildman–Crippen LogP) is 4.18. The first kappa shape index (κ1) is 17.8. The SMILES string of the molecule is Cc1cc(Nc2nn(-c3cccc(C(F)(F)F)c3)c(=O)c3ccccc23)n[nH]1. The fourth-order valence-electron chi connectivity index (χ4n) is 2.87. The number of H-pyrrole nitrogens is 1. The van der Waals surface area contributed by atoms with E-state index < -0.39 is 17.3 Å². The number of benzene rings is 2. The number of fused-ring (bicyclic) bond motifs is 1. The third kappa shape index (κ3) is 3.22. The molecule has 2 heterocycles. The second-order valence-corrected chi connectivity index (χ2v) is 6.22. The molecule has 6 nitrogen and oxygen atoms in total. The molecule has 0 atom stereocenters. The molecule has 0 unspecified atom stereocenters. The summed E-state index contributed by atoms with van der Waals surface area (Å²) in [5.41, 5.74) is -0.534. The van der Waals surface area contributed by atoms with Gasteiger partial charge in [-0.1, -0.05) is 24.3 Å². The summed E-state index contributed by atoms with van der Waals surface area (Å²) in [5.74, 6) is 0.781. The minimum atomic E-state index is -4.52. The van der Waals surface area contributed by atoms with Gasteiger partial charge in [-0.2, -0.15) is 23.0 Å². The van der Waals surface area contributed by atoms with Crippen molar-refractivity contribution < 1.29 is 13.2 Å². The Hall–Kier alpha value is -3.62. The zero-order valence-electron chi connectivity index (χ0n) is 14.6. The lowest BCUT2D eigenvalue weighted by molar-refractivity contribution is -0.137. The summed E-state index contributed by atoms with van der Waals surface area (Å²) in [6.07, 6.45) is -4.52. The Morgan fingerprint density at radius 3 is 2.46 bits per heavy atom. The summed E-state index contributed by atoms with van der Waals surface area (Å²) in [7, 11) is 0. The van der Waals surface area contributed by atoms with E-state index in [1.54, 1.807) is 30.3 Å². The van der Waals surface area contributed by atoms with Gasteiger partial charge in [-0.25, -0.2) is 0 Å². The zero-order chi connectivity index (χ0) is 19.9. The first-order valence-electron chi connectivity index (χ1n) is 8.32. The van der Waals surface area contributed by atoms with Crippen molar-refractivity contribution in [2.45, 2.75) is 13.1 Å². The van der Waals surface area contributed by atoms with Crippen LogP contribution in [0.25, 0.3) is 16.5 Å². The Morgan fingerprint density at radius 1 is 1.04 bits per heavy atom. The van der Waals surface area contributed by atoms with Crippen LogP contribution in [0.5, 0.6) is 0 Å². The Bertz CT molecular complexity index is 1230. The number of alkyl halides is 3. The van der Waals surface area contributed by atoms with Crippen molar-refractivity contribution in [2.24, 2.45) is 0 Å². The van der Waals surface area contributed by atoms with Crippen molar-refractivity contribution in [1.29, 1.82) is 0 Å². The third-order valence-electron chi connectivity index (χ3n) is 4.18. The van der Waals surface area contributed by atoms with Crippen LogP contribution in [-0.4, -0.2) is 20.0 Å². The molecule has 0 spiro atoms. The number of nitrogens with zero attached hydrogens (tertiary/aromatic N) is 3. The van der Waals surface area contributed by atoms with Gasteiger partial charge in [-0.05, 0) is 31.2 Å². The van der Waals surface area contributed by atoms with Gasteiger partial charge in [0.1, 0.15) is 0 Å². The molecule has 0 aliphatic heterocycles. The Labute approximate surface area is 156 Å². The van der Waals surface area contributed by atoms with E-state index in [1.807, 2.05) is 6.92 Å². The molecular formula is C19H14F3N5O. The maximum Gasteiger partial charge on any atom is 0.416 e. The van der Waals surface area contributed by atoms with Crippen LogP contribution < -0.4 is 10.9 Å². The van der Waals surface area contributed by atoms with Crippen LogP contribution in [-0.2, 0) is 6.18 Å². The van der Waals surface area contributed by atoms with Crippen LogP contribution in [0.1, 0.15) is 11.3 Å². The number of nitrogens with one attached hydrogen (secondary N) is 2. The summed E-state index contributed by atoms with van der Waals surface area (Å²) in [4.78, 5) is 12.9. The van der Waals surface area contributed by atoms with Crippen molar-refractivity contribution in [3.05, 3.63) is 76.2 Å². The third-order valence-corrected chi connectivity index (χ3v) is 4.18. The first-order chi connectivity index (χ1) is 13.3. The Morgan fingerprint density at radius 2 is 1.79 bits per heavy atom. The second-order valence-electron chi connectivity index (χ2n) is 6.22. The molecule has 4 rings (SSSR count). The zero-order valence-corrected chi connectivity index (χ0v) is 14.6. The molecule has 0 radical (unpaired) electrons. The van der Waals surface area contributed by atoms with Crippen molar-refractivity contribution >= 4 is 22.4 Å². The molecule has 9 heteroatoms. The van der Waals surface area contributed by atoms with Crippen LogP contribution in [0, 0.1) is 6.92 Å². The van der Waals surface area contributed by atoms with Gasteiger partial charge in [0.05, 0.1) is 16.6 Å². The highest BCUT2D eigenvalue weighted by molar-refractivity contribution is 5.92. The van der Waals surface area contributed by atoms with Crippen molar-refractivity contribution in [1.82, 2.24) is 20.0 Å². The van der Waals surface area contributed by atoms with Crippen LogP contribution in [0.2, 0.25) is 0 Å². The maximum atomic E-state index is 13.1. The fourth-order valence-corrected chi connectivity index (χ4v) is 2.87. The average Bonchev–Trinajstić information content (AvgIpc) is 3.08. The number of rotatable bonds is 3. The van der Waals surface area contributed by atoms with E-state index in [-0.39, 0.29) is 5.69 Å². The second kappa shape index (κ2) is 6.52. The normalized spacial score (nSPS) is 11.7. The molecule has 0 bridgehead atoms. The quantitative estimate of drug-likeness (QED) is 0.555. The summed E-state index contributed by atoms with van der Waals surface area (Å²) < 4.78 is 40.2. The minimum Gasteiger partial charge on any atom is -0.321 e. The topological polar surface area (TPSA) is 75.6 Å². The number of aryl methyl sites for hydroxylation is 1. The van der Waals surface area contributed by atoms with Gasteiger partial charge in [0, 0.05) is 17.1 Å². The monoisotopic (exact) mass is 385 g/mol. The summed E-state index contributed by atoms with van der Waals surface area (Å²) in [6, 6.07) is 13.0. The predicted molar refractivity (Wildman–Crippen MR) is 98.9 cm³/mol. The molecule has 0 aliphatic rings. The lowest BCUT2D eigenvalue weighted by Crippen LogP contribution is -2.23. The van der Waals surface area contributed by atoms with Crippen molar-refractivity contribution in [3.8, 4) is 5.69 Å². The number of aromatic nitrogens is 4. The molecule has 28 heavy (non-hydrogen) atoms. The summed E-state index contributed by atoms with van der Waals surface area (Å²) in [5, 5.41) is 15.0. The smallest absolute Gasteiger partial charge is 0.321 e. The van der Waals surface area contributed by atoms with E-state index in [2.05, 4.69) is 20.6 Å². The van der Waals surface area contributed by atoms with Gasteiger partial charge in [-0.3, -0.25) is 9.89 Å². The van der Waals surface area contributed by atoms with Gasteiger partial charge < -0.3 is 5.32 Å². The van der Waals surface area contributed by atoms with Gasteiger partial charge in [-0.15, -0.1) is 5.10 Å². The summed E-state index contributed by atoms with van der Waals surface area (Å²) >= 11 is 0. The number of hydrogen-bond donors (Lipinski definition) is 2. The van der Waals surface area contributed by atoms with Gasteiger partial charge in [0.15, 0.2) is 11.6 Å². The molecule has 0 aliphatic carbocycles. The first-order valence-corrected chi connectivity index (χ1v) is 8.32. The highest BCUT2D eigenvalue weighted by atomic mass is 19.4. The number of aromatic amines is 1. The number of halogens is 3. The minimum absolute atomic E-state index is 0.0202. The van der Waals surface area contributed by atoms with Crippen LogP contribution >= 0.6 is 0 Å². The van der Waals surface area contributed by atoms with E-state index in [0.717, 1.165) is 22.5 Å². The van der Waals surface area contributed by atoms with E-state index in [9.17, 15) is 18.0 Å². The van der Waals surface area contributed by atoms with Crippen LogP contribution in [0.15, 0.2) is 59.4 Å². The van der Waals surface area contributed by atoms with Gasteiger partial charge in [0.25, 0.3) is 5.56 Å². The molecule has 0 fully saturated rings. The molecule has 4 aromatic rings. The average molecular weight is 385 g/mol. The van der Waals surface area contributed by atoms with Crippen LogP contribution in [0.3, 0.4) is 0 Å². The molecule has 0 saturated heterocycles. The van der Waals surface area contributed by atoms with E-state index in [0.29, 0.717) is 22.4 Å². The Balaban J connectivity index is 1.92. The molecule has 0 saturated carbocycles. The van der Waals surface area contributed by atoms with Crippen molar-refractivity contribution in [2.75, 3.05) is 5.32 Å². The lowest BCUT2D eigenvalue weighted by atomic mass is 10.1. The highest BCUT2D eigenvalue weighted by Crippen LogP contribution is 2.30. The molecule has 2 aromatic heterocycles. The van der Waals surface area contributed by atoms with E-state index in [4.69, 9.17) is 0 Å².